The number of hydrogen-bond donors (Lipinski definition) is 2. The first kappa shape index (κ1) is 14.4. The highest BCUT2D eigenvalue weighted by Crippen LogP contribution is 2.11. The Morgan fingerprint density at radius 3 is 2.85 bits per heavy atom. The van der Waals surface area contributed by atoms with E-state index in [-0.39, 0.29) is 0 Å². The van der Waals surface area contributed by atoms with Gasteiger partial charge in [0.25, 0.3) is 0 Å². The molecule has 2 rings (SSSR count). The van der Waals surface area contributed by atoms with Crippen LogP contribution in [-0.2, 0) is 4.74 Å². The van der Waals surface area contributed by atoms with Crippen LogP contribution >= 0.6 is 0 Å². The van der Waals surface area contributed by atoms with Crippen LogP contribution in [0.5, 0.6) is 0 Å². The van der Waals surface area contributed by atoms with Crippen LogP contribution in [0.2, 0.25) is 0 Å². The van der Waals surface area contributed by atoms with Gasteiger partial charge in [-0.05, 0) is 50.1 Å². The Balaban J connectivity index is 1.68. The Morgan fingerprint density at radius 2 is 2.20 bits per heavy atom. The van der Waals surface area contributed by atoms with Crippen molar-refractivity contribution in [3.05, 3.63) is 29.8 Å². The van der Waals surface area contributed by atoms with Gasteiger partial charge < -0.3 is 10.1 Å². The quantitative estimate of drug-likeness (QED) is 0.884. The second-order valence-corrected chi connectivity index (χ2v) is 4.89. The summed E-state index contributed by atoms with van der Waals surface area (Å²) in [6.45, 7) is 1.47. The van der Waals surface area contributed by atoms with Gasteiger partial charge in [-0.25, -0.2) is 4.79 Å². The van der Waals surface area contributed by atoms with E-state index >= 15 is 0 Å². The molecule has 1 aliphatic heterocycles. The number of anilines is 1. The summed E-state index contributed by atoms with van der Waals surface area (Å²) >= 11 is 0. The van der Waals surface area contributed by atoms with Crippen LogP contribution in [0.25, 0.3) is 0 Å². The van der Waals surface area contributed by atoms with Gasteiger partial charge in [0.1, 0.15) is 0 Å². The van der Waals surface area contributed by atoms with E-state index < -0.39 is 6.09 Å². The van der Waals surface area contributed by atoms with Crippen LogP contribution in [-0.4, -0.2) is 25.3 Å². The molecule has 5 heteroatoms. The molecule has 0 aliphatic carbocycles. The molecule has 1 fully saturated rings. The maximum absolute atomic E-state index is 11.6. The highest BCUT2D eigenvalue weighted by Gasteiger charge is 2.13. The minimum absolute atomic E-state index is 0.416. The second kappa shape index (κ2) is 7.51. The van der Waals surface area contributed by atoms with Crippen LogP contribution < -0.4 is 10.6 Å². The summed E-state index contributed by atoms with van der Waals surface area (Å²) in [4.78, 5) is 11.6. The van der Waals surface area contributed by atoms with Crippen LogP contribution in [0, 0.1) is 11.3 Å². The van der Waals surface area contributed by atoms with Crippen molar-refractivity contribution in [2.24, 2.45) is 0 Å². The molecule has 5 nitrogen and oxygen atoms in total. The highest BCUT2D eigenvalue weighted by molar-refractivity contribution is 5.84. The van der Waals surface area contributed by atoms with Gasteiger partial charge >= 0.3 is 6.09 Å². The molecule has 1 unspecified atom stereocenters. The molecule has 2 N–H and O–H groups in total. The van der Waals surface area contributed by atoms with Crippen molar-refractivity contribution < 1.29 is 9.53 Å². The maximum Gasteiger partial charge on any atom is 0.411 e. The smallest absolute Gasteiger partial charge is 0.411 e. The van der Waals surface area contributed by atoms with Crippen molar-refractivity contribution in [3.8, 4) is 6.07 Å². The third-order valence-electron chi connectivity index (χ3n) is 3.37. The Kier molecular flexibility index (Phi) is 5.39. The molecule has 1 atom stereocenters. The molecule has 0 saturated carbocycles. The molecule has 0 spiro atoms. The van der Waals surface area contributed by atoms with Gasteiger partial charge in [-0.1, -0.05) is 6.42 Å². The fourth-order valence-electron chi connectivity index (χ4n) is 2.25. The number of ether oxygens (including phenoxy) is 1. The molecule has 1 aromatic rings. The number of rotatable bonds is 4. The van der Waals surface area contributed by atoms with E-state index in [0.29, 0.717) is 23.9 Å². The Bertz CT molecular complexity index is 473. The molecule has 0 radical (unpaired) electrons. The molecule has 0 bridgehead atoms. The fraction of sp³-hybridized carbons (Fsp3) is 0.467. The number of nitrogens with zero attached hydrogens (tertiary/aromatic N) is 1. The van der Waals surface area contributed by atoms with Gasteiger partial charge in [0.15, 0.2) is 0 Å². The molecule has 20 heavy (non-hydrogen) atoms. The summed E-state index contributed by atoms with van der Waals surface area (Å²) in [6.07, 6.45) is 4.03. The molecule has 106 valence electrons. The van der Waals surface area contributed by atoms with Gasteiger partial charge in [-0.3, -0.25) is 5.32 Å². The number of hydrogen-bond acceptors (Lipinski definition) is 4. The number of nitriles is 1. The van der Waals surface area contributed by atoms with E-state index in [2.05, 4.69) is 10.6 Å². The zero-order chi connectivity index (χ0) is 14.2. The summed E-state index contributed by atoms with van der Waals surface area (Å²) in [5.41, 5.74) is 1.19. The predicted octanol–water partition coefficient (Wildman–Crippen LogP) is 2.64. The number of nitrogens with one attached hydrogen (secondary N) is 2. The third-order valence-corrected chi connectivity index (χ3v) is 3.37. The third kappa shape index (κ3) is 4.56. The lowest BCUT2D eigenvalue weighted by Gasteiger charge is -2.23. The highest BCUT2D eigenvalue weighted by atomic mass is 16.5. The summed E-state index contributed by atoms with van der Waals surface area (Å²) in [6, 6.07) is 9.17. The second-order valence-electron chi connectivity index (χ2n) is 4.89. The summed E-state index contributed by atoms with van der Waals surface area (Å²) in [7, 11) is 0. The van der Waals surface area contributed by atoms with Crippen LogP contribution in [0.1, 0.15) is 31.2 Å². The fourth-order valence-corrected chi connectivity index (χ4v) is 2.25. The average Bonchev–Trinajstić information content (AvgIpc) is 2.49. The van der Waals surface area contributed by atoms with Crippen molar-refractivity contribution in [1.29, 1.82) is 5.26 Å². The van der Waals surface area contributed by atoms with E-state index in [9.17, 15) is 4.79 Å². The van der Waals surface area contributed by atoms with Crippen LogP contribution in [0.3, 0.4) is 0 Å². The lowest BCUT2D eigenvalue weighted by Crippen LogP contribution is -2.35. The molecule has 1 saturated heterocycles. The van der Waals surface area contributed by atoms with Crippen molar-refractivity contribution in [1.82, 2.24) is 5.32 Å². The first-order valence-electron chi connectivity index (χ1n) is 6.95. The first-order valence-corrected chi connectivity index (χ1v) is 6.95. The number of carbonyl (C=O) groups excluding carboxylic acids is 1. The van der Waals surface area contributed by atoms with Gasteiger partial charge in [0.05, 0.1) is 18.2 Å². The summed E-state index contributed by atoms with van der Waals surface area (Å²) in [5.74, 6) is 0. The monoisotopic (exact) mass is 273 g/mol. The van der Waals surface area contributed by atoms with Crippen molar-refractivity contribution >= 4 is 11.8 Å². The normalized spacial score (nSPS) is 18.1. The predicted molar refractivity (Wildman–Crippen MR) is 76.4 cm³/mol. The largest absolute Gasteiger partial charge is 0.449 e. The molecule has 1 amide bonds. The molecule has 0 aromatic heterocycles. The summed E-state index contributed by atoms with van der Waals surface area (Å²) in [5, 5.41) is 14.7. The minimum atomic E-state index is -0.453. The van der Waals surface area contributed by atoms with Crippen LogP contribution in [0.15, 0.2) is 24.3 Å². The van der Waals surface area contributed by atoms with Gasteiger partial charge in [0.2, 0.25) is 0 Å². The van der Waals surface area contributed by atoms with Crippen molar-refractivity contribution in [2.45, 2.75) is 31.7 Å². The van der Waals surface area contributed by atoms with E-state index in [1.165, 1.54) is 12.8 Å². The van der Waals surface area contributed by atoms with Gasteiger partial charge in [-0.15, -0.1) is 0 Å². The molecule has 1 heterocycles. The number of piperidine rings is 1. The summed E-state index contributed by atoms with van der Waals surface area (Å²) < 4.78 is 5.15. The standard InChI is InChI=1S/C15H19N3O2/c16-11-12-4-6-14(7-5-12)18-15(19)20-10-8-13-3-1-2-9-17-13/h4-7,13,17H,1-3,8-10H2,(H,18,19). The first-order chi connectivity index (χ1) is 9.78. The number of amides is 1. The number of carbonyl (C=O) groups is 1. The van der Waals surface area contributed by atoms with E-state index in [0.717, 1.165) is 19.4 Å². The molecular weight excluding hydrogens is 254 g/mol. The van der Waals surface area contributed by atoms with Gasteiger partial charge in [0, 0.05) is 11.7 Å². The Labute approximate surface area is 118 Å². The van der Waals surface area contributed by atoms with E-state index in [1.54, 1.807) is 24.3 Å². The van der Waals surface area contributed by atoms with Gasteiger partial charge in [-0.2, -0.15) is 5.26 Å². The van der Waals surface area contributed by atoms with E-state index in [1.807, 2.05) is 6.07 Å². The average molecular weight is 273 g/mol. The van der Waals surface area contributed by atoms with Crippen LogP contribution in [0.4, 0.5) is 10.5 Å². The minimum Gasteiger partial charge on any atom is -0.449 e. The van der Waals surface area contributed by atoms with E-state index in [4.69, 9.17) is 10.00 Å². The maximum atomic E-state index is 11.6. The molecule has 1 aromatic carbocycles. The zero-order valence-corrected chi connectivity index (χ0v) is 11.4. The Hall–Kier alpha value is -2.06. The Morgan fingerprint density at radius 1 is 1.40 bits per heavy atom. The lowest BCUT2D eigenvalue weighted by atomic mass is 10.0. The van der Waals surface area contributed by atoms with Crippen molar-refractivity contribution in [3.63, 3.8) is 0 Å². The number of benzene rings is 1. The molecule has 1 aliphatic rings. The SMILES string of the molecule is N#Cc1ccc(NC(=O)OCCC2CCCCN2)cc1. The zero-order valence-electron chi connectivity index (χ0n) is 11.4. The van der Waals surface area contributed by atoms with Crippen molar-refractivity contribution in [2.75, 3.05) is 18.5 Å². The molecular formula is C15H19N3O2. The lowest BCUT2D eigenvalue weighted by molar-refractivity contribution is 0.153. The topological polar surface area (TPSA) is 74.2 Å².